The van der Waals surface area contributed by atoms with Crippen LogP contribution < -0.4 is 10.6 Å². The lowest BCUT2D eigenvalue weighted by atomic mass is 9.81. The monoisotopic (exact) mass is 308 g/mol. The molecule has 0 aromatic heterocycles. The number of carbonyl (C=O) groups is 1. The highest BCUT2D eigenvalue weighted by Gasteiger charge is 2.46. The van der Waals surface area contributed by atoms with Crippen LogP contribution >= 0.6 is 12.4 Å². The summed E-state index contributed by atoms with van der Waals surface area (Å²) in [6, 6.07) is 8.33. The number of nitrogens with two attached hydrogens (primary N) is 1. The highest BCUT2D eigenvalue weighted by atomic mass is 35.5. The molecule has 2 aliphatic rings. The molecular formula is C17H25ClN2O. The molecule has 1 aliphatic carbocycles. The molecule has 1 amide bonds. The summed E-state index contributed by atoms with van der Waals surface area (Å²) in [5.41, 5.74) is 8.63. The van der Waals surface area contributed by atoms with E-state index in [2.05, 4.69) is 18.2 Å². The summed E-state index contributed by atoms with van der Waals surface area (Å²) in [6.45, 7) is 4.70. The first kappa shape index (κ1) is 16.3. The van der Waals surface area contributed by atoms with E-state index < -0.39 is 0 Å². The second kappa shape index (κ2) is 5.98. The van der Waals surface area contributed by atoms with Crippen molar-refractivity contribution in [1.29, 1.82) is 0 Å². The van der Waals surface area contributed by atoms with E-state index in [0.29, 0.717) is 0 Å². The number of para-hydroxylation sites is 1. The van der Waals surface area contributed by atoms with E-state index in [1.165, 1.54) is 31.2 Å². The molecule has 2 atom stereocenters. The third-order valence-electron chi connectivity index (χ3n) is 5.23. The van der Waals surface area contributed by atoms with Crippen LogP contribution in [-0.4, -0.2) is 18.5 Å². The van der Waals surface area contributed by atoms with Crippen LogP contribution in [0.15, 0.2) is 24.3 Å². The first-order valence-electron chi connectivity index (χ1n) is 7.72. The van der Waals surface area contributed by atoms with Gasteiger partial charge in [-0.1, -0.05) is 38.0 Å². The summed E-state index contributed by atoms with van der Waals surface area (Å²) >= 11 is 0. The van der Waals surface area contributed by atoms with Gasteiger partial charge in [-0.05, 0) is 31.4 Å². The molecule has 1 heterocycles. The molecule has 3 nitrogen and oxygen atoms in total. The maximum atomic E-state index is 12.7. The minimum atomic E-state index is -0.125. The number of fused-ring (bicyclic) bond motifs is 2. The fraction of sp³-hybridized carbons (Fsp3) is 0.588. The van der Waals surface area contributed by atoms with Gasteiger partial charge in [-0.15, -0.1) is 12.4 Å². The average Bonchev–Trinajstić information content (AvgIpc) is 3.05. The van der Waals surface area contributed by atoms with Gasteiger partial charge in [-0.2, -0.15) is 0 Å². The Hall–Kier alpha value is -1.06. The maximum Gasteiger partial charge on any atom is 0.231 e. The SMILES string of the molecule is CC(N)C(C)C(=O)N1CC2(CCCC2)c2ccccc21.Cl. The van der Waals surface area contributed by atoms with Crippen LogP contribution in [0.5, 0.6) is 0 Å². The fourth-order valence-electron chi connectivity index (χ4n) is 3.78. The van der Waals surface area contributed by atoms with Gasteiger partial charge in [-0.25, -0.2) is 0 Å². The van der Waals surface area contributed by atoms with Crippen LogP contribution in [0.3, 0.4) is 0 Å². The van der Waals surface area contributed by atoms with Crippen molar-refractivity contribution >= 4 is 24.0 Å². The van der Waals surface area contributed by atoms with E-state index in [1.807, 2.05) is 24.8 Å². The second-order valence-electron chi connectivity index (χ2n) is 6.58. The first-order chi connectivity index (χ1) is 9.55. The zero-order valence-corrected chi connectivity index (χ0v) is 13.7. The molecule has 4 heteroatoms. The van der Waals surface area contributed by atoms with Gasteiger partial charge in [-0.3, -0.25) is 4.79 Å². The second-order valence-corrected chi connectivity index (χ2v) is 6.58. The van der Waals surface area contributed by atoms with Crippen molar-refractivity contribution in [2.24, 2.45) is 11.7 Å². The number of amides is 1. The van der Waals surface area contributed by atoms with Crippen LogP contribution in [0.1, 0.15) is 45.1 Å². The molecule has 0 bridgehead atoms. The van der Waals surface area contributed by atoms with Gasteiger partial charge in [0.2, 0.25) is 5.91 Å². The molecular weight excluding hydrogens is 284 g/mol. The molecule has 1 fully saturated rings. The molecule has 3 rings (SSSR count). The van der Waals surface area contributed by atoms with Crippen molar-refractivity contribution in [2.75, 3.05) is 11.4 Å². The molecule has 1 aromatic rings. The van der Waals surface area contributed by atoms with Crippen molar-refractivity contribution in [2.45, 2.75) is 51.0 Å². The molecule has 1 saturated carbocycles. The zero-order chi connectivity index (χ0) is 14.3. The molecule has 21 heavy (non-hydrogen) atoms. The third-order valence-corrected chi connectivity index (χ3v) is 5.23. The number of nitrogens with zero attached hydrogens (tertiary/aromatic N) is 1. The lowest BCUT2D eigenvalue weighted by Crippen LogP contribution is -2.43. The van der Waals surface area contributed by atoms with E-state index in [4.69, 9.17) is 5.73 Å². The Morgan fingerprint density at radius 2 is 1.86 bits per heavy atom. The van der Waals surface area contributed by atoms with Crippen LogP contribution in [0.25, 0.3) is 0 Å². The van der Waals surface area contributed by atoms with E-state index in [0.717, 1.165) is 12.2 Å². The Morgan fingerprint density at radius 1 is 1.24 bits per heavy atom. The topological polar surface area (TPSA) is 46.3 Å². The van der Waals surface area contributed by atoms with E-state index in [-0.39, 0.29) is 35.7 Å². The Balaban J connectivity index is 0.00000161. The third kappa shape index (κ3) is 2.58. The van der Waals surface area contributed by atoms with E-state index in [1.54, 1.807) is 0 Å². The van der Waals surface area contributed by atoms with Crippen LogP contribution in [-0.2, 0) is 10.2 Å². The number of anilines is 1. The molecule has 0 saturated heterocycles. The Bertz CT molecular complexity index is 523. The Kier molecular flexibility index (Phi) is 4.64. The minimum absolute atomic E-state index is 0. The molecule has 1 spiro atoms. The van der Waals surface area contributed by atoms with Gasteiger partial charge in [0.25, 0.3) is 0 Å². The molecule has 2 unspecified atom stereocenters. The fourth-order valence-corrected chi connectivity index (χ4v) is 3.78. The summed E-state index contributed by atoms with van der Waals surface area (Å²) in [4.78, 5) is 14.7. The van der Waals surface area contributed by atoms with Crippen LogP contribution in [0, 0.1) is 5.92 Å². The highest BCUT2D eigenvalue weighted by molar-refractivity contribution is 5.98. The predicted octanol–water partition coefficient (Wildman–Crippen LogP) is 3.25. The smallest absolute Gasteiger partial charge is 0.231 e. The standard InChI is InChI=1S/C17H24N2O.ClH/c1-12(13(2)18)16(20)19-11-17(9-5-6-10-17)14-7-3-4-8-15(14)19;/h3-4,7-8,12-13H,5-6,9-11,18H2,1-2H3;1H. The first-order valence-corrected chi connectivity index (χ1v) is 7.72. The van der Waals surface area contributed by atoms with Gasteiger partial charge in [0.1, 0.15) is 0 Å². The minimum Gasteiger partial charge on any atom is -0.327 e. The maximum absolute atomic E-state index is 12.7. The number of rotatable bonds is 2. The molecule has 1 aliphatic heterocycles. The number of benzene rings is 1. The van der Waals surface area contributed by atoms with Crippen LogP contribution in [0.2, 0.25) is 0 Å². The highest BCUT2D eigenvalue weighted by Crippen LogP contribution is 2.50. The average molecular weight is 309 g/mol. The van der Waals surface area contributed by atoms with E-state index >= 15 is 0 Å². The summed E-state index contributed by atoms with van der Waals surface area (Å²) in [5, 5.41) is 0. The molecule has 0 radical (unpaired) electrons. The lowest BCUT2D eigenvalue weighted by molar-refractivity contribution is -0.122. The van der Waals surface area contributed by atoms with Gasteiger partial charge >= 0.3 is 0 Å². The van der Waals surface area contributed by atoms with Crippen molar-refractivity contribution in [3.63, 3.8) is 0 Å². The van der Waals surface area contributed by atoms with Crippen molar-refractivity contribution in [3.8, 4) is 0 Å². The van der Waals surface area contributed by atoms with Gasteiger partial charge in [0.05, 0.1) is 5.92 Å². The summed E-state index contributed by atoms with van der Waals surface area (Å²) in [7, 11) is 0. The number of hydrogen-bond donors (Lipinski definition) is 1. The number of hydrogen-bond acceptors (Lipinski definition) is 2. The predicted molar refractivity (Wildman–Crippen MR) is 89.0 cm³/mol. The van der Waals surface area contributed by atoms with Crippen LogP contribution in [0.4, 0.5) is 5.69 Å². The Morgan fingerprint density at radius 3 is 2.48 bits per heavy atom. The number of halogens is 1. The van der Waals surface area contributed by atoms with Crippen molar-refractivity contribution < 1.29 is 4.79 Å². The summed E-state index contributed by atoms with van der Waals surface area (Å²) in [6.07, 6.45) is 4.97. The van der Waals surface area contributed by atoms with E-state index in [9.17, 15) is 4.79 Å². The normalized spacial score (nSPS) is 21.8. The molecule has 116 valence electrons. The summed E-state index contributed by atoms with van der Waals surface area (Å²) in [5.74, 6) is 0.0517. The van der Waals surface area contributed by atoms with Gasteiger partial charge < -0.3 is 10.6 Å². The van der Waals surface area contributed by atoms with Crippen molar-refractivity contribution in [3.05, 3.63) is 29.8 Å². The molecule has 2 N–H and O–H groups in total. The number of carbonyl (C=O) groups excluding carboxylic acids is 1. The summed E-state index contributed by atoms with van der Waals surface area (Å²) < 4.78 is 0. The zero-order valence-electron chi connectivity index (χ0n) is 12.8. The van der Waals surface area contributed by atoms with Gasteiger partial charge in [0, 0.05) is 23.7 Å². The van der Waals surface area contributed by atoms with Crippen molar-refractivity contribution in [1.82, 2.24) is 0 Å². The largest absolute Gasteiger partial charge is 0.327 e. The lowest BCUT2D eigenvalue weighted by Gasteiger charge is -2.27. The van der Waals surface area contributed by atoms with Gasteiger partial charge in [0.15, 0.2) is 0 Å². The quantitative estimate of drug-likeness (QED) is 0.911. The Labute approximate surface area is 133 Å². The molecule has 1 aromatic carbocycles.